The molecule has 0 spiro atoms. The van der Waals surface area contributed by atoms with Crippen molar-refractivity contribution in [3.05, 3.63) is 106 Å². The largest absolute Gasteiger partial charge is 0.465 e. The molecule has 6 rings (SSSR count). The van der Waals surface area contributed by atoms with Crippen LogP contribution in [0.4, 0.5) is 0 Å². The maximum atomic E-state index is 13.7. The van der Waals surface area contributed by atoms with Gasteiger partial charge in [0.15, 0.2) is 0 Å². The zero-order valence-corrected chi connectivity index (χ0v) is 49.1. The molecule has 3 aliphatic rings. The molecule has 2 saturated carbocycles. The molecule has 3 aromatic rings. The summed E-state index contributed by atoms with van der Waals surface area (Å²) in [7, 11) is 0. The number of ether oxygens (including phenoxy) is 10. The summed E-state index contributed by atoms with van der Waals surface area (Å²) in [5.74, 6) is -6.74. The van der Waals surface area contributed by atoms with E-state index in [2.05, 4.69) is 13.2 Å². The van der Waals surface area contributed by atoms with E-state index in [1.807, 2.05) is 12.1 Å². The van der Waals surface area contributed by atoms with Crippen LogP contribution in [0.1, 0.15) is 102 Å². The lowest BCUT2D eigenvalue weighted by molar-refractivity contribution is -0.153. The minimum Gasteiger partial charge on any atom is -0.465 e. The van der Waals surface area contributed by atoms with Crippen LogP contribution in [-0.4, -0.2) is 99.3 Å². The van der Waals surface area contributed by atoms with Crippen molar-refractivity contribution >= 4 is 83.2 Å². The predicted molar refractivity (Wildman–Crippen MR) is 304 cm³/mol. The number of carbonyl (C=O) groups is 10. The van der Waals surface area contributed by atoms with E-state index in [0.29, 0.717) is 89.7 Å². The molecule has 0 bridgehead atoms. The topological polar surface area (TPSA) is 311 Å². The van der Waals surface area contributed by atoms with E-state index < -0.39 is 83.4 Å². The third-order valence-corrected chi connectivity index (χ3v) is 16.2. The van der Waals surface area contributed by atoms with Gasteiger partial charge in [0.2, 0.25) is 0 Å². The highest BCUT2D eigenvalue weighted by atomic mass is 32.2. The average molecular weight is 1220 g/mol. The molecule has 1 aliphatic heterocycles. The highest BCUT2D eigenvalue weighted by Gasteiger charge is 2.37. The van der Waals surface area contributed by atoms with Crippen molar-refractivity contribution in [2.24, 2.45) is 23.7 Å². The Morgan fingerprint density at radius 3 is 1.02 bits per heavy atom. The summed E-state index contributed by atoms with van der Waals surface area (Å²) in [4.78, 5) is 125. The monoisotopic (exact) mass is 1220 g/mol. The quantitative estimate of drug-likeness (QED) is 0.0164. The molecule has 0 aromatic heterocycles. The van der Waals surface area contributed by atoms with E-state index in [9.17, 15) is 58.5 Å². The van der Waals surface area contributed by atoms with Crippen LogP contribution in [0, 0.1) is 46.3 Å². The normalized spacial score (nSPS) is 16.6. The number of benzene rings is 3. The number of hydrogen-bond acceptors (Lipinski definition) is 24. The Hall–Kier alpha value is -8.74. The van der Waals surface area contributed by atoms with Gasteiger partial charge in [-0.15, -0.1) is 0 Å². The van der Waals surface area contributed by atoms with Gasteiger partial charge in [-0.1, -0.05) is 60.9 Å². The maximum Gasteiger partial charge on any atom is 0.333 e. The first-order valence-corrected chi connectivity index (χ1v) is 29.3. The van der Waals surface area contributed by atoms with Crippen molar-refractivity contribution in [2.45, 2.75) is 114 Å². The van der Waals surface area contributed by atoms with Crippen LogP contribution >= 0.6 is 23.5 Å². The van der Waals surface area contributed by atoms with Crippen LogP contribution in [0.3, 0.4) is 0 Å². The second kappa shape index (κ2) is 33.7. The lowest BCUT2D eigenvalue weighted by Gasteiger charge is -2.26. The highest BCUT2D eigenvalue weighted by molar-refractivity contribution is 8.24. The molecule has 0 amide bonds. The average Bonchev–Trinajstić information content (AvgIpc) is 3.01. The van der Waals surface area contributed by atoms with Gasteiger partial charge >= 0.3 is 59.7 Å². The third kappa shape index (κ3) is 21.1. The van der Waals surface area contributed by atoms with Crippen LogP contribution in [0.25, 0.3) is 0 Å². The summed E-state index contributed by atoms with van der Waals surface area (Å²) in [6.45, 7) is 9.43. The lowest BCUT2D eigenvalue weighted by atomic mass is 9.82. The molecule has 0 unspecified atom stereocenters. The predicted octanol–water partition coefficient (Wildman–Crippen LogP) is 8.83. The Kier molecular flexibility index (Phi) is 26.0. The van der Waals surface area contributed by atoms with Gasteiger partial charge in [0, 0.05) is 24.0 Å². The molecule has 0 atom stereocenters. The number of carbonyl (C=O) groups excluding carboxylic acids is 10. The van der Waals surface area contributed by atoms with E-state index in [1.165, 1.54) is 26.0 Å². The number of nitriles is 2. The molecule has 454 valence electrons. The smallest absolute Gasteiger partial charge is 0.333 e. The minimum atomic E-state index is -0.639. The molecule has 24 heteroatoms. The number of esters is 10. The van der Waals surface area contributed by atoms with Crippen LogP contribution in [0.5, 0.6) is 23.0 Å². The fourth-order valence-electron chi connectivity index (χ4n) is 8.75. The van der Waals surface area contributed by atoms with Crippen molar-refractivity contribution in [3.8, 4) is 35.1 Å². The van der Waals surface area contributed by atoms with Crippen LogP contribution < -0.4 is 18.9 Å². The lowest BCUT2D eigenvalue weighted by Crippen LogP contribution is -2.30. The Morgan fingerprint density at radius 1 is 0.430 bits per heavy atom. The molecule has 1 heterocycles. The van der Waals surface area contributed by atoms with Crippen LogP contribution in [0.15, 0.2) is 105 Å². The number of nitrogens with zero attached hydrogens (tertiary/aromatic N) is 2. The number of hydrogen-bond donors (Lipinski definition) is 0. The maximum absolute atomic E-state index is 13.7. The molecular weight excluding hydrogens is 1160 g/mol. The first kappa shape index (κ1) is 66.4. The summed E-state index contributed by atoms with van der Waals surface area (Å²) in [5.41, 5.74) is 1.87. The second-order valence-electron chi connectivity index (χ2n) is 20.1. The number of fused-ring (bicyclic) bond motifs is 1. The van der Waals surface area contributed by atoms with Crippen molar-refractivity contribution in [1.29, 1.82) is 10.5 Å². The zero-order valence-electron chi connectivity index (χ0n) is 47.5. The van der Waals surface area contributed by atoms with Gasteiger partial charge in [0.25, 0.3) is 0 Å². The van der Waals surface area contributed by atoms with Gasteiger partial charge < -0.3 is 47.4 Å². The zero-order chi connectivity index (χ0) is 62.1. The first-order valence-electron chi connectivity index (χ1n) is 27.7. The number of rotatable bonds is 28. The summed E-state index contributed by atoms with van der Waals surface area (Å²) in [6.07, 6.45) is 2.74. The molecule has 0 N–H and O–H groups in total. The highest BCUT2D eigenvalue weighted by Crippen LogP contribution is 2.59. The molecular formula is C62H64N2O20S2. The first-order chi connectivity index (χ1) is 41.3. The van der Waals surface area contributed by atoms with Gasteiger partial charge in [-0.3, -0.25) is 38.4 Å². The number of thioether (sulfide) groups is 2. The van der Waals surface area contributed by atoms with Crippen molar-refractivity contribution in [3.63, 3.8) is 0 Å². The Balaban J connectivity index is 0.894. The van der Waals surface area contributed by atoms with Gasteiger partial charge in [0.1, 0.15) is 67.1 Å². The summed E-state index contributed by atoms with van der Waals surface area (Å²) in [6, 6.07) is 20.2. The number of allylic oxidation sites excluding steroid dienone is 1. The molecule has 2 fully saturated rings. The molecule has 86 heavy (non-hydrogen) atoms. The van der Waals surface area contributed by atoms with Crippen LogP contribution in [0.2, 0.25) is 0 Å². The minimum absolute atomic E-state index is 0.0506. The SMILES string of the molecule is C=C(C)C(=O)OCCOC(=O)CCC(=O)OCCc1ccc(OC(=O)[C@H]2CC[C@H](C(=O)Oc3ccc(OC(=O)[C@H]4CC[C@H](C(=O)Oc5ccc(CCOC(=O)CCC(=O)OCCOC(=O)C(=C)C)cc5)CC4)c4c3SC(=C(C#N)C#N)S4)CC2)cc1. The van der Waals surface area contributed by atoms with Crippen molar-refractivity contribution in [1.82, 2.24) is 0 Å². The van der Waals surface area contributed by atoms with Crippen molar-refractivity contribution in [2.75, 3.05) is 39.6 Å². The van der Waals surface area contributed by atoms with Gasteiger partial charge in [-0.2, -0.15) is 10.5 Å². The molecule has 0 radical (unpaired) electrons. The Labute approximate surface area is 504 Å². The van der Waals surface area contributed by atoms with E-state index in [4.69, 9.17) is 47.4 Å². The van der Waals surface area contributed by atoms with E-state index in [1.54, 1.807) is 48.5 Å². The molecule has 3 aromatic carbocycles. The standard InChI is InChI=1S/C62H64N2O20S2/c1-37(2)56(69)79-33-31-77-52(67)25-23-50(65)75-29-27-39-5-17-46(18-6-39)81-58(71)41-9-13-43(14-10-41)60(73)83-48-21-22-49(55-54(48)85-62(86-55)45(35-63)36-64)84-61(74)44-15-11-42(12-16-44)59(72)82-47-19-7-40(8-20-47)28-30-76-51(66)24-26-53(68)78-32-34-80-57(70)38(3)4/h5-8,17-22,41-44H,1,3,9-16,23-34H2,2,4H3/t41-,42-,43-,44-. The summed E-state index contributed by atoms with van der Waals surface area (Å²) < 4.78 is 53.5. The Morgan fingerprint density at radius 2 is 0.721 bits per heavy atom. The van der Waals surface area contributed by atoms with Gasteiger partial charge in [0.05, 0.1) is 76.6 Å². The Bertz CT molecular complexity index is 2950. The van der Waals surface area contributed by atoms with E-state index in [-0.39, 0.29) is 93.5 Å². The molecule has 22 nitrogen and oxygen atoms in total. The second-order valence-corrected chi connectivity index (χ2v) is 22.4. The third-order valence-electron chi connectivity index (χ3n) is 13.6. The van der Waals surface area contributed by atoms with Gasteiger partial charge in [-0.25, -0.2) is 9.59 Å². The van der Waals surface area contributed by atoms with E-state index in [0.717, 1.165) is 34.7 Å². The summed E-state index contributed by atoms with van der Waals surface area (Å²) >= 11 is 2.09. The fraction of sp³-hybridized carbons (Fsp3) is 0.419. The summed E-state index contributed by atoms with van der Waals surface area (Å²) in [5, 5.41) is 19.4. The fourth-order valence-corrected chi connectivity index (χ4v) is 11.2. The van der Waals surface area contributed by atoms with Crippen molar-refractivity contribution < 1.29 is 95.3 Å². The molecule has 2 aliphatic carbocycles. The van der Waals surface area contributed by atoms with Crippen LogP contribution in [-0.2, 0) is 89.2 Å². The van der Waals surface area contributed by atoms with Gasteiger partial charge in [-0.05, 0) is 113 Å². The molecule has 0 saturated heterocycles. The van der Waals surface area contributed by atoms with E-state index >= 15 is 0 Å².